The van der Waals surface area contributed by atoms with E-state index in [2.05, 4.69) is 10.6 Å². The van der Waals surface area contributed by atoms with Gasteiger partial charge in [-0.2, -0.15) is 11.3 Å². The van der Waals surface area contributed by atoms with Gasteiger partial charge in [-0.05, 0) is 43.0 Å². The van der Waals surface area contributed by atoms with Gasteiger partial charge in [0.05, 0.1) is 5.69 Å². The molecule has 0 aliphatic heterocycles. The Labute approximate surface area is 105 Å². The Morgan fingerprint density at radius 2 is 2.18 bits per heavy atom. The molecule has 1 aliphatic rings. The number of nitrogens with one attached hydrogen (secondary N) is 2. The molecule has 4 nitrogen and oxygen atoms in total. The van der Waals surface area contributed by atoms with E-state index >= 15 is 0 Å². The quantitative estimate of drug-likeness (QED) is 0.775. The Morgan fingerprint density at radius 1 is 1.41 bits per heavy atom. The molecule has 1 fully saturated rings. The number of aliphatic hydroxyl groups excluding tert-OH is 1. The molecule has 1 saturated carbocycles. The minimum Gasteiger partial charge on any atom is -0.396 e. The number of anilines is 1. The lowest BCUT2D eigenvalue weighted by molar-refractivity contribution is 0.176. The summed E-state index contributed by atoms with van der Waals surface area (Å²) in [6.45, 7) is 0.272. The van der Waals surface area contributed by atoms with Crippen molar-refractivity contribution < 1.29 is 9.90 Å². The van der Waals surface area contributed by atoms with Crippen LogP contribution in [0.5, 0.6) is 0 Å². The maximum absolute atomic E-state index is 11.7. The first-order chi connectivity index (χ1) is 8.28. The van der Waals surface area contributed by atoms with E-state index in [1.165, 1.54) is 0 Å². The molecule has 1 aromatic heterocycles. The fourth-order valence-corrected chi connectivity index (χ4v) is 2.77. The van der Waals surface area contributed by atoms with Gasteiger partial charge in [0.25, 0.3) is 0 Å². The van der Waals surface area contributed by atoms with Gasteiger partial charge < -0.3 is 15.7 Å². The number of hydrogen-bond donors (Lipinski definition) is 3. The van der Waals surface area contributed by atoms with E-state index in [4.69, 9.17) is 5.11 Å². The van der Waals surface area contributed by atoms with Crippen LogP contribution in [0.3, 0.4) is 0 Å². The number of aliphatic hydroxyl groups is 1. The Balaban J connectivity index is 1.72. The molecular weight excluding hydrogens is 236 g/mol. The number of urea groups is 1. The van der Waals surface area contributed by atoms with Crippen LogP contribution in [0.15, 0.2) is 16.8 Å². The van der Waals surface area contributed by atoms with Crippen LogP contribution in [0.1, 0.15) is 25.7 Å². The second-order valence-corrected chi connectivity index (χ2v) is 5.29. The van der Waals surface area contributed by atoms with Crippen molar-refractivity contribution in [2.45, 2.75) is 31.7 Å². The third kappa shape index (κ3) is 3.71. The van der Waals surface area contributed by atoms with E-state index in [1.807, 2.05) is 16.8 Å². The summed E-state index contributed by atoms with van der Waals surface area (Å²) in [7, 11) is 0. The van der Waals surface area contributed by atoms with Gasteiger partial charge in [-0.1, -0.05) is 0 Å². The van der Waals surface area contributed by atoms with Crippen LogP contribution >= 0.6 is 11.3 Å². The first-order valence-electron chi connectivity index (χ1n) is 5.98. The first kappa shape index (κ1) is 12.4. The molecule has 0 unspecified atom stereocenters. The zero-order valence-electron chi connectivity index (χ0n) is 9.69. The van der Waals surface area contributed by atoms with Gasteiger partial charge in [0, 0.05) is 18.0 Å². The summed E-state index contributed by atoms with van der Waals surface area (Å²) in [6.07, 6.45) is 3.92. The predicted octanol–water partition coefficient (Wildman–Crippen LogP) is 2.42. The number of amides is 2. The molecule has 94 valence electrons. The molecule has 3 N–H and O–H groups in total. The van der Waals surface area contributed by atoms with Crippen LogP contribution < -0.4 is 10.6 Å². The fourth-order valence-electron chi connectivity index (χ4n) is 2.18. The average molecular weight is 254 g/mol. The summed E-state index contributed by atoms with van der Waals surface area (Å²) in [6, 6.07) is 2.00. The normalized spacial score (nSPS) is 24.3. The Hall–Kier alpha value is -1.07. The van der Waals surface area contributed by atoms with E-state index in [0.29, 0.717) is 5.92 Å². The van der Waals surface area contributed by atoms with Gasteiger partial charge in [-0.3, -0.25) is 0 Å². The SMILES string of the molecule is O=C(Nc1ccsc1)NC1CCC(CO)CC1. The van der Waals surface area contributed by atoms with Gasteiger partial charge in [0.1, 0.15) is 0 Å². The number of carbonyl (C=O) groups is 1. The van der Waals surface area contributed by atoms with E-state index in [-0.39, 0.29) is 18.7 Å². The van der Waals surface area contributed by atoms with Crippen molar-refractivity contribution in [1.82, 2.24) is 5.32 Å². The lowest BCUT2D eigenvalue weighted by Crippen LogP contribution is -2.40. The molecular formula is C12H18N2O2S. The van der Waals surface area contributed by atoms with E-state index in [9.17, 15) is 4.79 Å². The number of carbonyl (C=O) groups excluding carboxylic acids is 1. The molecule has 5 heteroatoms. The molecule has 0 bridgehead atoms. The predicted molar refractivity (Wildman–Crippen MR) is 69.3 cm³/mol. The molecule has 0 aromatic carbocycles. The number of thiophene rings is 1. The van der Waals surface area contributed by atoms with Gasteiger partial charge in [-0.15, -0.1) is 0 Å². The van der Waals surface area contributed by atoms with Crippen molar-refractivity contribution in [2.24, 2.45) is 5.92 Å². The minimum atomic E-state index is -0.129. The summed E-state index contributed by atoms with van der Waals surface area (Å²) >= 11 is 1.56. The minimum absolute atomic E-state index is 0.129. The Morgan fingerprint density at radius 3 is 2.76 bits per heavy atom. The zero-order chi connectivity index (χ0) is 12.1. The van der Waals surface area contributed by atoms with Gasteiger partial charge in [-0.25, -0.2) is 4.79 Å². The van der Waals surface area contributed by atoms with Gasteiger partial charge in [0.2, 0.25) is 0 Å². The molecule has 1 aliphatic carbocycles. The summed E-state index contributed by atoms with van der Waals surface area (Å²) in [5, 5.41) is 18.6. The van der Waals surface area contributed by atoms with Crippen molar-refractivity contribution >= 4 is 23.1 Å². The van der Waals surface area contributed by atoms with Crippen molar-refractivity contribution in [3.8, 4) is 0 Å². The topological polar surface area (TPSA) is 61.4 Å². The standard InChI is InChI=1S/C12H18N2O2S/c15-7-9-1-3-10(4-2-9)13-12(16)14-11-5-6-17-8-11/h5-6,8-10,15H,1-4,7H2,(H2,13,14,16). The second-order valence-electron chi connectivity index (χ2n) is 4.51. The molecule has 2 rings (SSSR count). The molecule has 0 atom stereocenters. The highest BCUT2D eigenvalue weighted by Crippen LogP contribution is 2.23. The van der Waals surface area contributed by atoms with Crippen molar-refractivity contribution in [2.75, 3.05) is 11.9 Å². The molecule has 0 radical (unpaired) electrons. The zero-order valence-corrected chi connectivity index (χ0v) is 10.5. The summed E-state index contributed by atoms with van der Waals surface area (Å²) in [5.74, 6) is 0.424. The molecule has 1 aromatic rings. The monoisotopic (exact) mass is 254 g/mol. The van der Waals surface area contributed by atoms with Crippen LogP contribution in [0, 0.1) is 5.92 Å². The van der Waals surface area contributed by atoms with Crippen LogP contribution in [-0.2, 0) is 0 Å². The smallest absolute Gasteiger partial charge is 0.319 e. The molecule has 17 heavy (non-hydrogen) atoms. The fraction of sp³-hybridized carbons (Fsp3) is 0.583. The third-order valence-corrected chi connectivity index (χ3v) is 3.90. The lowest BCUT2D eigenvalue weighted by Gasteiger charge is -2.27. The highest BCUT2D eigenvalue weighted by molar-refractivity contribution is 7.08. The second kappa shape index (κ2) is 6.02. The average Bonchev–Trinajstić information content (AvgIpc) is 2.82. The summed E-state index contributed by atoms with van der Waals surface area (Å²) < 4.78 is 0. The number of rotatable bonds is 3. The number of hydrogen-bond acceptors (Lipinski definition) is 3. The summed E-state index contributed by atoms with van der Waals surface area (Å²) in [4.78, 5) is 11.7. The van der Waals surface area contributed by atoms with Crippen LogP contribution in [0.25, 0.3) is 0 Å². The summed E-state index contributed by atoms with van der Waals surface area (Å²) in [5.41, 5.74) is 0.844. The van der Waals surface area contributed by atoms with Crippen molar-refractivity contribution in [3.63, 3.8) is 0 Å². The maximum Gasteiger partial charge on any atom is 0.319 e. The van der Waals surface area contributed by atoms with Gasteiger partial charge >= 0.3 is 6.03 Å². The van der Waals surface area contributed by atoms with Gasteiger partial charge in [0.15, 0.2) is 0 Å². The van der Waals surface area contributed by atoms with E-state index in [0.717, 1.165) is 31.4 Å². The molecule has 0 spiro atoms. The van der Waals surface area contributed by atoms with E-state index < -0.39 is 0 Å². The highest BCUT2D eigenvalue weighted by Gasteiger charge is 2.21. The molecule has 2 amide bonds. The largest absolute Gasteiger partial charge is 0.396 e. The Bertz CT molecular complexity index is 345. The van der Waals surface area contributed by atoms with Crippen LogP contribution in [0.2, 0.25) is 0 Å². The van der Waals surface area contributed by atoms with Crippen molar-refractivity contribution in [3.05, 3.63) is 16.8 Å². The Kier molecular flexibility index (Phi) is 4.39. The maximum atomic E-state index is 11.7. The molecule has 1 heterocycles. The molecule has 0 saturated heterocycles. The first-order valence-corrected chi connectivity index (χ1v) is 6.93. The highest BCUT2D eigenvalue weighted by atomic mass is 32.1. The van der Waals surface area contributed by atoms with Crippen LogP contribution in [-0.4, -0.2) is 23.8 Å². The lowest BCUT2D eigenvalue weighted by atomic mass is 9.87. The third-order valence-electron chi connectivity index (χ3n) is 3.22. The van der Waals surface area contributed by atoms with E-state index in [1.54, 1.807) is 11.3 Å². The van der Waals surface area contributed by atoms with Crippen molar-refractivity contribution in [1.29, 1.82) is 0 Å². The van der Waals surface area contributed by atoms with Crippen LogP contribution in [0.4, 0.5) is 10.5 Å².